The van der Waals surface area contributed by atoms with Crippen molar-refractivity contribution in [2.24, 2.45) is 0 Å². The maximum atomic E-state index is 12.2. The second-order valence-corrected chi connectivity index (χ2v) is 7.79. The third-order valence-corrected chi connectivity index (χ3v) is 5.60. The van der Waals surface area contributed by atoms with Crippen molar-refractivity contribution in [3.8, 4) is 5.75 Å². The van der Waals surface area contributed by atoms with Crippen LogP contribution < -0.4 is 10.9 Å². The molecule has 0 aliphatic heterocycles. The van der Waals surface area contributed by atoms with Crippen LogP contribution in [0.2, 0.25) is 0 Å². The number of aromatic nitrogens is 1. The summed E-state index contributed by atoms with van der Waals surface area (Å²) in [5.41, 5.74) is 5.66. The monoisotopic (exact) mass is 373 g/mol. The molecule has 3 rings (SSSR count). The number of para-hydroxylation sites is 2. The standard InChI is InChI=1S/C17H15N3O3S2/c1-10(24-17-18-12-7-3-5-9-14(12)25-17)15(22)19-20-16(23)11-6-2-4-8-13(11)21/h2-10,21H,1H3,(H,19,22)(H,20,23). The lowest BCUT2D eigenvalue weighted by atomic mass is 10.2. The molecule has 128 valence electrons. The number of rotatable bonds is 4. The fourth-order valence-electron chi connectivity index (χ4n) is 2.06. The minimum Gasteiger partial charge on any atom is -0.507 e. The van der Waals surface area contributed by atoms with Gasteiger partial charge in [-0.15, -0.1) is 11.3 Å². The maximum absolute atomic E-state index is 12.2. The van der Waals surface area contributed by atoms with Gasteiger partial charge in [-0.1, -0.05) is 36.0 Å². The zero-order valence-corrected chi connectivity index (χ0v) is 14.9. The highest BCUT2D eigenvalue weighted by molar-refractivity contribution is 8.02. The summed E-state index contributed by atoms with van der Waals surface area (Å²) in [5.74, 6) is -1.08. The molecular weight excluding hydrogens is 358 g/mol. The van der Waals surface area contributed by atoms with E-state index in [9.17, 15) is 14.7 Å². The Bertz CT molecular complexity index is 893. The molecule has 0 aliphatic carbocycles. The Morgan fingerprint density at radius 2 is 1.84 bits per heavy atom. The Morgan fingerprint density at radius 1 is 1.12 bits per heavy atom. The van der Waals surface area contributed by atoms with E-state index in [0.29, 0.717) is 0 Å². The van der Waals surface area contributed by atoms with Crippen molar-refractivity contribution < 1.29 is 14.7 Å². The van der Waals surface area contributed by atoms with Gasteiger partial charge in [0, 0.05) is 0 Å². The first-order valence-electron chi connectivity index (χ1n) is 7.45. The molecule has 1 aromatic heterocycles. The molecule has 0 spiro atoms. The predicted octanol–water partition coefficient (Wildman–Crippen LogP) is 2.94. The van der Waals surface area contributed by atoms with E-state index in [1.807, 2.05) is 24.3 Å². The summed E-state index contributed by atoms with van der Waals surface area (Å²) in [5, 5.41) is 9.20. The summed E-state index contributed by atoms with van der Waals surface area (Å²) in [6, 6.07) is 13.9. The third kappa shape index (κ3) is 4.09. The number of hydrogen-bond donors (Lipinski definition) is 3. The first-order chi connectivity index (χ1) is 12.0. The minimum atomic E-state index is -0.580. The van der Waals surface area contributed by atoms with Gasteiger partial charge in [-0.05, 0) is 31.2 Å². The van der Waals surface area contributed by atoms with Crippen LogP contribution in [0, 0.1) is 0 Å². The SMILES string of the molecule is CC(Sc1nc2ccccc2s1)C(=O)NNC(=O)c1ccccc1O. The zero-order chi connectivity index (χ0) is 17.8. The number of phenols is 1. The Balaban J connectivity index is 1.57. The number of phenolic OH excluding ortho intramolecular Hbond substituents is 1. The van der Waals surface area contributed by atoms with E-state index >= 15 is 0 Å². The van der Waals surface area contributed by atoms with Crippen molar-refractivity contribution in [2.45, 2.75) is 16.5 Å². The highest BCUT2D eigenvalue weighted by Crippen LogP contribution is 2.31. The normalized spacial score (nSPS) is 11.9. The molecular formula is C17H15N3O3S2. The van der Waals surface area contributed by atoms with Gasteiger partial charge in [0.05, 0.1) is 21.0 Å². The first-order valence-corrected chi connectivity index (χ1v) is 9.14. The van der Waals surface area contributed by atoms with E-state index < -0.39 is 11.2 Å². The Hall–Kier alpha value is -2.58. The Morgan fingerprint density at radius 3 is 2.60 bits per heavy atom. The molecule has 0 radical (unpaired) electrons. The van der Waals surface area contributed by atoms with Gasteiger partial charge in [0.2, 0.25) is 0 Å². The van der Waals surface area contributed by atoms with E-state index in [1.54, 1.807) is 19.1 Å². The fourth-order valence-corrected chi connectivity index (χ4v) is 4.27. The number of amides is 2. The highest BCUT2D eigenvalue weighted by atomic mass is 32.2. The second kappa shape index (κ2) is 7.54. The fraction of sp³-hybridized carbons (Fsp3) is 0.118. The summed E-state index contributed by atoms with van der Waals surface area (Å²) >= 11 is 2.84. The van der Waals surface area contributed by atoms with Gasteiger partial charge in [0.25, 0.3) is 11.8 Å². The molecule has 1 heterocycles. The quantitative estimate of drug-likeness (QED) is 0.483. The predicted molar refractivity (Wildman–Crippen MR) is 98.7 cm³/mol. The molecule has 2 aromatic carbocycles. The summed E-state index contributed by atoms with van der Waals surface area (Å²) in [4.78, 5) is 28.6. The number of thiazole rings is 1. The number of benzene rings is 2. The maximum Gasteiger partial charge on any atom is 0.273 e. The van der Waals surface area contributed by atoms with Crippen molar-refractivity contribution in [2.75, 3.05) is 0 Å². The third-order valence-electron chi connectivity index (χ3n) is 3.37. The van der Waals surface area contributed by atoms with Gasteiger partial charge >= 0.3 is 0 Å². The number of carbonyl (C=O) groups excluding carboxylic acids is 2. The summed E-state index contributed by atoms with van der Waals surface area (Å²) < 4.78 is 1.85. The van der Waals surface area contributed by atoms with E-state index in [2.05, 4.69) is 15.8 Å². The average molecular weight is 373 g/mol. The molecule has 3 N–H and O–H groups in total. The molecule has 0 saturated heterocycles. The van der Waals surface area contributed by atoms with Crippen LogP contribution in [0.4, 0.5) is 0 Å². The van der Waals surface area contributed by atoms with E-state index in [1.165, 1.54) is 35.2 Å². The van der Waals surface area contributed by atoms with Crippen LogP contribution in [0.5, 0.6) is 5.75 Å². The van der Waals surface area contributed by atoms with Crippen molar-refractivity contribution in [3.63, 3.8) is 0 Å². The first kappa shape index (κ1) is 17.2. The van der Waals surface area contributed by atoms with Crippen LogP contribution >= 0.6 is 23.1 Å². The molecule has 8 heteroatoms. The van der Waals surface area contributed by atoms with Gasteiger partial charge in [-0.2, -0.15) is 0 Å². The molecule has 25 heavy (non-hydrogen) atoms. The summed E-state index contributed by atoms with van der Waals surface area (Å²) in [6.07, 6.45) is 0. The molecule has 3 aromatic rings. The average Bonchev–Trinajstić information content (AvgIpc) is 3.01. The van der Waals surface area contributed by atoms with E-state index in [-0.39, 0.29) is 17.2 Å². The van der Waals surface area contributed by atoms with Crippen LogP contribution in [-0.2, 0) is 4.79 Å². The molecule has 6 nitrogen and oxygen atoms in total. The lowest BCUT2D eigenvalue weighted by Crippen LogP contribution is -2.44. The minimum absolute atomic E-state index is 0.0919. The van der Waals surface area contributed by atoms with Crippen LogP contribution in [0.15, 0.2) is 52.9 Å². The largest absolute Gasteiger partial charge is 0.507 e. The lowest BCUT2D eigenvalue weighted by molar-refractivity contribution is -0.121. The van der Waals surface area contributed by atoms with Gasteiger partial charge in [-0.3, -0.25) is 20.4 Å². The molecule has 0 saturated carbocycles. The van der Waals surface area contributed by atoms with Gasteiger partial charge < -0.3 is 5.11 Å². The number of aromatic hydroxyl groups is 1. The van der Waals surface area contributed by atoms with Crippen LogP contribution in [0.1, 0.15) is 17.3 Å². The molecule has 2 amide bonds. The highest BCUT2D eigenvalue weighted by Gasteiger charge is 2.18. The number of nitrogens with zero attached hydrogens (tertiary/aromatic N) is 1. The van der Waals surface area contributed by atoms with Crippen molar-refractivity contribution >= 4 is 45.1 Å². The smallest absolute Gasteiger partial charge is 0.273 e. The molecule has 0 fully saturated rings. The number of thioether (sulfide) groups is 1. The van der Waals surface area contributed by atoms with Crippen molar-refractivity contribution in [1.29, 1.82) is 0 Å². The van der Waals surface area contributed by atoms with Gasteiger partial charge in [0.15, 0.2) is 4.34 Å². The van der Waals surface area contributed by atoms with Gasteiger partial charge in [-0.25, -0.2) is 4.98 Å². The van der Waals surface area contributed by atoms with Crippen molar-refractivity contribution in [1.82, 2.24) is 15.8 Å². The van der Waals surface area contributed by atoms with E-state index in [4.69, 9.17) is 0 Å². The Labute approximate surface area is 152 Å². The number of carbonyl (C=O) groups is 2. The molecule has 1 unspecified atom stereocenters. The lowest BCUT2D eigenvalue weighted by Gasteiger charge is -2.12. The number of hydrogen-bond acceptors (Lipinski definition) is 6. The van der Waals surface area contributed by atoms with Crippen LogP contribution in [-0.4, -0.2) is 27.2 Å². The molecule has 0 bridgehead atoms. The summed E-state index contributed by atoms with van der Waals surface area (Å²) in [6.45, 7) is 1.73. The number of hydrazine groups is 1. The topological polar surface area (TPSA) is 91.3 Å². The van der Waals surface area contributed by atoms with Crippen LogP contribution in [0.25, 0.3) is 10.2 Å². The van der Waals surface area contributed by atoms with Gasteiger partial charge in [0.1, 0.15) is 5.75 Å². The second-order valence-electron chi connectivity index (χ2n) is 5.17. The van der Waals surface area contributed by atoms with Crippen molar-refractivity contribution in [3.05, 3.63) is 54.1 Å². The van der Waals surface area contributed by atoms with E-state index in [0.717, 1.165) is 14.6 Å². The Kier molecular flexibility index (Phi) is 5.20. The van der Waals surface area contributed by atoms with Crippen LogP contribution in [0.3, 0.4) is 0 Å². The number of nitrogens with one attached hydrogen (secondary N) is 2. The number of fused-ring (bicyclic) bond motifs is 1. The summed E-state index contributed by atoms with van der Waals surface area (Å²) in [7, 11) is 0. The molecule has 1 atom stereocenters. The zero-order valence-electron chi connectivity index (χ0n) is 13.2. The molecule has 0 aliphatic rings.